The minimum Gasteiger partial charge on any atom is -0.372 e. The van der Waals surface area contributed by atoms with E-state index in [1.165, 1.54) is 42.6 Å². The van der Waals surface area contributed by atoms with Crippen LogP contribution in [-0.2, 0) is 0 Å². The van der Waals surface area contributed by atoms with Gasteiger partial charge >= 0.3 is 6.10 Å². The van der Waals surface area contributed by atoms with Gasteiger partial charge < -0.3 is 26.0 Å². The zero-order valence-electron chi connectivity index (χ0n) is 18.5. The third-order valence-electron chi connectivity index (χ3n) is 5.19. The lowest BCUT2D eigenvalue weighted by Gasteiger charge is -2.33. The van der Waals surface area contributed by atoms with Gasteiger partial charge in [0.15, 0.2) is 5.82 Å². The zero-order chi connectivity index (χ0) is 26.1. The van der Waals surface area contributed by atoms with Crippen LogP contribution in [-0.4, -0.2) is 51.8 Å². The number of carbonyl (C=O) groups excluding carboxylic acids is 2. The van der Waals surface area contributed by atoms with E-state index in [0.717, 1.165) is 6.07 Å². The molecule has 0 radical (unpaired) electrons. The molecule has 0 unspecified atom stereocenters. The van der Waals surface area contributed by atoms with Crippen molar-refractivity contribution in [3.63, 3.8) is 0 Å². The molecule has 0 fully saturated rings. The molecule has 2 amide bonds. The number of amides is 2. The van der Waals surface area contributed by atoms with Crippen LogP contribution in [0.15, 0.2) is 48.7 Å². The summed E-state index contributed by atoms with van der Waals surface area (Å²) in [5.74, 6) is -3.51. The fraction of sp³-hybridized carbons (Fsp3) is 0.174. The highest BCUT2D eigenvalue weighted by atomic mass is 35.5. The molecule has 0 saturated carbocycles. The van der Waals surface area contributed by atoms with Crippen molar-refractivity contribution in [3.05, 3.63) is 75.7 Å². The number of benzene rings is 2. The molecule has 0 aliphatic rings. The van der Waals surface area contributed by atoms with E-state index in [2.05, 4.69) is 4.98 Å². The summed E-state index contributed by atoms with van der Waals surface area (Å²) in [4.78, 5) is 30.7. The first kappa shape index (κ1) is 26.3. The number of anilines is 2. The first-order chi connectivity index (χ1) is 16.4. The van der Waals surface area contributed by atoms with Gasteiger partial charge in [-0.3, -0.25) is 9.59 Å². The Hall–Kier alpha value is -3.28. The third-order valence-corrected chi connectivity index (χ3v) is 5.83. The van der Waals surface area contributed by atoms with Crippen molar-refractivity contribution >= 4 is 46.5 Å². The van der Waals surface area contributed by atoms with Gasteiger partial charge in [-0.2, -0.15) is 0 Å². The van der Waals surface area contributed by atoms with Crippen molar-refractivity contribution in [1.82, 2.24) is 4.98 Å². The Labute approximate surface area is 209 Å². The van der Waals surface area contributed by atoms with Gasteiger partial charge in [-0.1, -0.05) is 29.3 Å². The van der Waals surface area contributed by atoms with E-state index in [9.17, 15) is 29.3 Å². The average Bonchev–Trinajstić information content (AvgIpc) is 2.78. The Kier molecular flexibility index (Phi) is 7.63. The van der Waals surface area contributed by atoms with E-state index < -0.39 is 35.1 Å². The molecule has 0 spiro atoms. The highest BCUT2D eigenvalue weighted by Crippen LogP contribution is 2.37. The molecule has 0 aliphatic carbocycles. The van der Waals surface area contributed by atoms with Crippen LogP contribution in [0.2, 0.25) is 10.0 Å². The quantitative estimate of drug-likeness (QED) is 0.349. The highest BCUT2D eigenvalue weighted by molar-refractivity contribution is 6.35. The van der Waals surface area contributed by atoms with Crippen molar-refractivity contribution in [2.24, 2.45) is 5.73 Å². The fourth-order valence-corrected chi connectivity index (χ4v) is 3.78. The maximum atomic E-state index is 14.5. The lowest BCUT2D eigenvalue weighted by Crippen LogP contribution is -2.53. The normalized spacial score (nSPS) is 11.3. The summed E-state index contributed by atoms with van der Waals surface area (Å²) in [6.07, 6.45) is -2.55. The number of nitrogens with two attached hydrogens (primary N) is 1. The number of carbonyl (C=O) groups is 2. The molecule has 5 N–H and O–H groups in total. The summed E-state index contributed by atoms with van der Waals surface area (Å²) < 4.78 is 14.5. The van der Waals surface area contributed by atoms with Crippen LogP contribution in [0.1, 0.15) is 27.6 Å². The summed E-state index contributed by atoms with van der Waals surface area (Å²) in [6.45, 7) is 2.12. The average molecular weight is 523 g/mol. The highest BCUT2D eigenvalue weighted by Gasteiger charge is 2.40. The lowest BCUT2D eigenvalue weighted by molar-refractivity contribution is -0.304. The Bertz CT molecular complexity index is 1280. The van der Waals surface area contributed by atoms with E-state index >= 15 is 0 Å². The van der Waals surface area contributed by atoms with Gasteiger partial charge in [0.1, 0.15) is 5.82 Å². The van der Waals surface area contributed by atoms with Crippen LogP contribution in [0, 0.1) is 5.82 Å². The second kappa shape index (κ2) is 10.1. The first-order valence-corrected chi connectivity index (χ1v) is 10.9. The number of pyridine rings is 1. The van der Waals surface area contributed by atoms with E-state index in [1.54, 1.807) is 18.9 Å². The molecule has 184 valence electrons. The second-order valence-corrected chi connectivity index (χ2v) is 8.29. The number of rotatable bonds is 7. The molecule has 0 bridgehead atoms. The van der Waals surface area contributed by atoms with Crippen LogP contribution in [0.25, 0.3) is 11.1 Å². The molecular weight excluding hydrogens is 502 g/mol. The summed E-state index contributed by atoms with van der Waals surface area (Å²) in [5.41, 5.74) is 5.74. The first-order valence-electron chi connectivity index (χ1n) is 10.1. The molecule has 0 aliphatic heterocycles. The van der Waals surface area contributed by atoms with E-state index in [0.29, 0.717) is 17.7 Å². The number of nitrogens with zero attached hydrogens (tertiary/aromatic N) is 3. The van der Waals surface area contributed by atoms with Crippen LogP contribution in [0.3, 0.4) is 0 Å². The fourth-order valence-electron chi connectivity index (χ4n) is 3.30. The van der Waals surface area contributed by atoms with Crippen molar-refractivity contribution in [1.29, 1.82) is 0 Å². The minimum atomic E-state index is -3.77. The maximum Gasteiger partial charge on any atom is 0.377 e. The molecule has 0 saturated heterocycles. The van der Waals surface area contributed by atoms with E-state index in [1.807, 2.05) is 0 Å². The number of aromatic nitrogens is 1. The Balaban J connectivity index is 2.25. The molecule has 1 heterocycles. The molecule has 3 aromatic rings. The van der Waals surface area contributed by atoms with E-state index in [4.69, 9.17) is 28.9 Å². The SMILES string of the molecule is CCN(C)c1cc(-c2cc(C(N)=O)ccc2Cl)cnc1N(C(=O)c1c(F)cccc1Cl)C(O)(O)O. The van der Waals surface area contributed by atoms with Gasteiger partial charge in [-0.25, -0.2) is 14.3 Å². The molecule has 1 aromatic heterocycles. The van der Waals surface area contributed by atoms with Crippen LogP contribution >= 0.6 is 23.2 Å². The van der Waals surface area contributed by atoms with Crippen molar-refractivity contribution < 1.29 is 29.3 Å². The van der Waals surface area contributed by atoms with Crippen LogP contribution in [0.5, 0.6) is 0 Å². The number of primary amides is 1. The largest absolute Gasteiger partial charge is 0.377 e. The van der Waals surface area contributed by atoms with E-state index in [-0.39, 0.29) is 26.2 Å². The number of hydrogen-bond acceptors (Lipinski definition) is 7. The Morgan fingerprint density at radius 1 is 1.11 bits per heavy atom. The molecule has 0 atom stereocenters. The smallest absolute Gasteiger partial charge is 0.372 e. The predicted molar refractivity (Wildman–Crippen MR) is 130 cm³/mol. The molecule has 9 nitrogen and oxygen atoms in total. The number of aliphatic hydroxyl groups is 3. The van der Waals surface area contributed by atoms with Gasteiger partial charge in [0.2, 0.25) is 5.91 Å². The van der Waals surface area contributed by atoms with Gasteiger partial charge in [-0.05, 0) is 43.3 Å². The second-order valence-electron chi connectivity index (χ2n) is 7.48. The topological polar surface area (TPSA) is 140 Å². The number of hydrogen-bond donors (Lipinski definition) is 4. The zero-order valence-corrected chi connectivity index (χ0v) is 20.0. The van der Waals surface area contributed by atoms with Gasteiger partial charge in [0, 0.05) is 41.5 Å². The standard InChI is InChI=1S/C23H21Cl2FN4O5/c1-3-29(2)18-10-13(14-9-12(20(27)31)7-8-15(14)24)11-28-21(18)30(23(33,34)35)22(32)19-16(25)5-4-6-17(19)26/h4-11,33-35H,3H2,1-2H3,(H2,27,31). The summed E-state index contributed by atoms with van der Waals surface area (Å²) in [6, 6.07) is 9.31. The predicted octanol–water partition coefficient (Wildman–Crippen LogP) is 2.98. The van der Waals surface area contributed by atoms with Crippen molar-refractivity contribution in [3.8, 4) is 11.1 Å². The van der Waals surface area contributed by atoms with Crippen LogP contribution in [0.4, 0.5) is 15.9 Å². The molecular formula is C23H21Cl2FN4O5. The third kappa shape index (κ3) is 5.37. The van der Waals surface area contributed by atoms with Gasteiger partial charge in [0.25, 0.3) is 5.91 Å². The van der Waals surface area contributed by atoms with Crippen molar-refractivity contribution in [2.45, 2.75) is 13.0 Å². The summed E-state index contributed by atoms with van der Waals surface area (Å²) >= 11 is 12.3. The van der Waals surface area contributed by atoms with Crippen LogP contribution < -0.4 is 15.5 Å². The maximum absolute atomic E-state index is 14.5. The minimum absolute atomic E-state index is 0.101. The Morgan fingerprint density at radius 2 is 1.80 bits per heavy atom. The number of halogens is 3. The summed E-state index contributed by atoms with van der Waals surface area (Å²) in [7, 11) is 1.61. The molecule has 35 heavy (non-hydrogen) atoms. The Morgan fingerprint density at radius 3 is 2.37 bits per heavy atom. The monoisotopic (exact) mass is 522 g/mol. The molecule has 3 rings (SSSR count). The lowest BCUT2D eigenvalue weighted by atomic mass is 10.0. The van der Waals surface area contributed by atoms with Gasteiger partial charge in [0.05, 0.1) is 16.3 Å². The molecule has 2 aromatic carbocycles. The summed E-state index contributed by atoms with van der Waals surface area (Å²) in [5, 5.41) is 30.2. The molecule has 12 heteroatoms. The van der Waals surface area contributed by atoms with Gasteiger partial charge in [-0.15, -0.1) is 0 Å². The van der Waals surface area contributed by atoms with Crippen molar-refractivity contribution in [2.75, 3.05) is 23.4 Å².